The second-order valence-electron chi connectivity index (χ2n) is 5.53. The number of ether oxygens (including phenoxy) is 1. The van der Waals surface area contributed by atoms with Crippen molar-refractivity contribution < 1.29 is 9.84 Å². The predicted octanol–water partition coefficient (Wildman–Crippen LogP) is 3.12. The lowest BCUT2D eigenvalue weighted by Crippen LogP contribution is -2.38. The van der Waals surface area contributed by atoms with E-state index in [1.807, 2.05) is 23.5 Å². The van der Waals surface area contributed by atoms with Crippen molar-refractivity contribution in [2.45, 2.75) is 25.4 Å². The first-order valence-corrected chi connectivity index (χ1v) is 7.83. The summed E-state index contributed by atoms with van der Waals surface area (Å²) < 4.78 is 5.23. The van der Waals surface area contributed by atoms with Crippen LogP contribution in [0.3, 0.4) is 0 Å². The van der Waals surface area contributed by atoms with E-state index in [-0.39, 0.29) is 5.75 Å². The number of thiophene rings is 1. The van der Waals surface area contributed by atoms with Crippen LogP contribution in [-0.4, -0.2) is 23.7 Å². The molecular formula is C16H17NO2S. The molecule has 4 heteroatoms. The lowest BCUT2D eigenvalue weighted by Gasteiger charge is -2.40. The van der Waals surface area contributed by atoms with Crippen LogP contribution in [-0.2, 0) is 19.4 Å². The summed E-state index contributed by atoms with van der Waals surface area (Å²) in [5, 5.41) is 12.3. The Morgan fingerprint density at radius 2 is 2.25 bits per heavy atom. The van der Waals surface area contributed by atoms with Gasteiger partial charge in [-0.25, -0.2) is 0 Å². The van der Waals surface area contributed by atoms with Crippen molar-refractivity contribution in [1.29, 1.82) is 0 Å². The molecule has 2 aromatic rings. The first kappa shape index (κ1) is 12.2. The van der Waals surface area contributed by atoms with Crippen LogP contribution in [0.4, 0.5) is 0 Å². The largest absolute Gasteiger partial charge is 0.504 e. The zero-order valence-electron chi connectivity index (χ0n) is 11.4. The first-order valence-electron chi connectivity index (χ1n) is 6.95. The molecule has 0 saturated heterocycles. The van der Waals surface area contributed by atoms with E-state index in [1.54, 1.807) is 7.11 Å². The molecule has 1 N–H and O–H groups in total. The van der Waals surface area contributed by atoms with Gasteiger partial charge in [-0.05, 0) is 46.7 Å². The van der Waals surface area contributed by atoms with Gasteiger partial charge in [-0.2, -0.15) is 0 Å². The van der Waals surface area contributed by atoms with Gasteiger partial charge in [0, 0.05) is 30.4 Å². The lowest BCUT2D eigenvalue weighted by atomic mass is 9.87. The number of phenolic OH excluding ortho intramolecular Hbond substituents is 1. The molecular weight excluding hydrogens is 270 g/mol. The summed E-state index contributed by atoms with van der Waals surface area (Å²) in [4.78, 5) is 4.03. The van der Waals surface area contributed by atoms with Gasteiger partial charge < -0.3 is 9.84 Å². The summed E-state index contributed by atoms with van der Waals surface area (Å²) in [6.45, 7) is 2.12. The minimum absolute atomic E-state index is 0.255. The molecule has 0 saturated carbocycles. The molecule has 0 radical (unpaired) electrons. The summed E-state index contributed by atoms with van der Waals surface area (Å²) in [5.74, 6) is 0.842. The van der Waals surface area contributed by atoms with E-state index in [2.05, 4.69) is 16.3 Å². The Morgan fingerprint density at radius 1 is 1.35 bits per heavy atom. The van der Waals surface area contributed by atoms with Crippen LogP contribution in [0.2, 0.25) is 0 Å². The fourth-order valence-electron chi connectivity index (χ4n) is 3.44. The van der Waals surface area contributed by atoms with Crippen molar-refractivity contribution in [2.75, 3.05) is 13.7 Å². The van der Waals surface area contributed by atoms with Crippen LogP contribution in [0.15, 0.2) is 23.6 Å². The Kier molecular flexibility index (Phi) is 2.75. The molecule has 0 fully saturated rings. The number of methoxy groups -OCH3 is 1. The highest BCUT2D eigenvalue weighted by Crippen LogP contribution is 2.42. The van der Waals surface area contributed by atoms with Gasteiger partial charge in [0.25, 0.3) is 0 Å². The highest BCUT2D eigenvalue weighted by Gasteiger charge is 2.33. The summed E-state index contributed by atoms with van der Waals surface area (Å²) in [6.07, 6.45) is 2.09. The normalized spacial score (nSPS) is 20.9. The lowest BCUT2D eigenvalue weighted by molar-refractivity contribution is 0.162. The maximum absolute atomic E-state index is 10.1. The fourth-order valence-corrected chi connectivity index (χ4v) is 4.38. The topological polar surface area (TPSA) is 32.7 Å². The molecule has 20 heavy (non-hydrogen) atoms. The van der Waals surface area contributed by atoms with Crippen molar-refractivity contribution in [3.05, 3.63) is 45.1 Å². The van der Waals surface area contributed by atoms with Crippen molar-refractivity contribution in [3.8, 4) is 11.5 Å². The number of phenols is 1. The van der Waals surface area contributed by atoms with Gasteiger partial charge in [-0.15, -0.1) is 11.3 Å². The average Bonchev–Trinajstić information content (AvgIpc) is 2.91. The number of fused-ring (bicyclic) bond motifs is 4. The SMILES string of the molecule is COc1cc2c(cc1O)[C@H]1Cc3sccc3CN1CC2. The summed E-state index contributed by atoms with van der Waals surface area (Å²) in [7, 11) is 1.61. The monoisotopic (exact) mass is 287 g/mol. The van der Waals surface area contributed by atoms with E-state index >= 15 is 0 Å². The molecule has 3 heterocycles. The maximum Gasteiger partial charge on any atom is 0.160 e. The standard InChI is InChI=1S/C16H17NO2S/c1-19-15-6-10-2-4-17-9-11-3-5-20-16(11)8-13(17)12(10)7-14(15)18/h3,5-7,13,18H,2,4,8-9H2,1H3/t13-/m1/s1. The quantitative estimate of drug-likeness (QED) is 0.874. The van der Waals surface area contributed by atoms with Crippen molar-refractivity contribution >= 4 is 11.3 Å². The molecule has 0 amide bonds. The zero-order chi connectivity index (χ0) is 13.7. The van der Waals surface area contributed by atoms with Crippen LogP contribution in [0, 0.1) is 0 Å². The smallest absolute Gasteiger partial charge is 0.160 e. The van der Waals surface area contributed by atoms with Gasteiger partial charge in [-0.1, -0.05) is 0 Å². The highest BCUT2D eigenvalue weighted by molar-refractivity contribution is 7.10. The average molecular weight is 287 g/mol. The first-order chi connectivity index (χ1) is 9.76. The third kappa shape index (κ3) is 1.75. The molecule has 2 aliphatic heterocycles. The van der Waals surface area contributed by atoms with Gasteiger partial charge >= 0.3 is 0 Å². The molecule has 3 nitrogen and oxygen atoms in total. The molecule has 1 atom stereocenters. The van der Waals surface area contributed by atoms with Crippen molar-refractivity contribution in [1.82, 2.24) is 4.90 Å². The molecule has 104 valence electrons. The summed E-state index contributed by atoms with van der Waals surface area (Å²) in [6, 6.07) is 6.56. The maximum atomic E-state index is 10.1. The molecule has 4 rings (SSSR count). The molecule has 1 aromatic carbocycles. The fraction of sp³-hybridized carbons (Fsp3) is 0.375. The molecule has 1 aromatic heterocycles. The minimum atomic E-state index is 0.255. The molecule has 0 unspecified atom stereocenters. The molecule has 0 spiro atoms. The van der Waals surface area contributed by atoms with Gasteiger partial charge in [-0.3, -0.25) is 4.90 Å². The van der Waals surface area contributed by atoms with Crippen molar-refractivity contribution in [3.63, 3.8) is 0 Å². The van der Waals surface area contributed by atoms with E-state index in [1.165, 1.54) is 21.6 Å². The Labute approximate surface area is 122 Å². The number of nitrogens with zero attached hydrogens (tertiary/aromatic N) is 1. The van der Waals surface area contributed by atoms with Gasteiger partial charge in [0.05, 0.1) is 7.11 Å². The van der Waals surface area contributed by atoms with Crippen LogP contribution >= 0.6 is 11.3 Å². The third-order valence-electron chi connectivity index (χ3n) is 4.50. The molecule has 0 aliphatic carbocycles. The number of rotatable bonds is 1. The Balaban J connectivity index is 1.78. The number of benzene rings is 1. The number of aromatic hydroxyl groups is 1. The Bertz CT molecular complexity index is 664. The van der Waals surface area contributed by atoms with E-state index < -0.39 is 0 Å². The highest BCUT2D eigenvalue weighted by atomic mass is 32.1. The van der Waals surface area contributed by atoms with Crippen LogP contribution < -0.4 is 4.74 Å². The van der Waals surface area contributed by atoms with E-state index in [4.69, 9.17) is 4.74 Å². The number of hydrogen-bond donors (Lipinski definition) is 1. The Morgan fingerprint density at radius 3 is 3.10 bits per heavy atom. The predicted molar refractivity (Wildman–Crippen MR) is 79.5 cm³/mol. The van der Waals surface area contributed by atoms with Crippen LogP contribution in [0.5, 0.6) is 11.5 Å². The van der Waals surface area contributed by atoms with Crippen molar-refractivity contribution in [2.24, 2.45) is 0 Å². The van der Waals surface area contributed by atoms with Gasteiger partial charge in [0.15, 0.2) is 11.5 Å². The zero-order valence-corrected chi connectivity index (χ0v) is 12.2. The van der Waals surface area contributed by atoms with Gasteiger partial charge in [0.1, 0.15) is 0 Å². The second-order valence-corrected chi connectivity index (χ2v) is 6.53. The van der Waals surface area contributed by atoms with E-state index in [0.29, 0.717) is 11.8 Å². The summed E-state index contributed by atoms with van der Waals surface area (Å²) in [5.41, 5.74) is 4.07. The van der Waals surface area contributed by atoms with E-state index in [0.717, 1.165) is 25.9 Å². The van der Waals surface area contributed by atoms with Crippen LogP contribution in [0.25, 0.3) is 0 Å². The Hall–Kier alpha value is -1.52. The van der Waals surface area contributed by atoms with Crippen LogP contribution in [0.1, 0.15) is 27.6 Å². The van der Waals surface area contributed by atoms with E-state index in [9.17, 15) is 5.11 Å². The third-order valence-corrected chi connectivity index (χ3v) is 5.48. The molecule has 2 aliphatic rings. The second kappa shape index (κ2) is 4.50. The van der Waals surface area contributed by atoms with Gasteiger partial charge in [0.2, 0.25) is 0 Å². The number of hydrogen-bond acceptors (Lipinski definition) is 4. The minimum Gasteiger partial charge on any atom is -0.504 e. The molecule has 0 bridgehead atoms. The summed E-state index contributed by atoms with van der Waals surface area (Å²) >= 11 is 1.85.